The average molecular weight is 272 g/mol. The number of nitrogens with zero attached hydrogens (tertiary/aromatic N) is 1. The molecule has 2 unspecified atom stereocenters. The zero-order valence-corrected chi connectivity index (χ0v) is 12.2. The molecule has 2 aliphatic carbocycles. The van der Waals surface area contributed by atoms with E-state index in [0.29, 0.717) is 11.8 Å². The summed E-state index contributed by atoms with van der Waals surface area (Å²) < 4.78 is 5.91. The van der Waals surface area contributed by atoms with Gasteiger partial charge in [-0.1, -0.05) is 25.1 Å². The van der Waals surface area contributed by atoms with Crippen molar-refractivity contribution in [3.63, 3.8) is 0 Å². The highest BCUT2D eigenvalue weighted by Crippen LogP contribution is 2.25. The molecule has 3 heteroatoms. The molecule has 3 rings (SSSR count). The van der Waals surface area contributed by atoms with Crippen LogP contribution in [0.5, 0.6) is 5.88 Å². The van der Waals surface area contributed by atoms with Crippen LogP contribution in [0.15, 0.2) is 30.4 Å². The third kappa shape index (κ3) is 3.83. The fraction of sp³-hybridized carbons (Fsp3) is 0.588. The van der Waals surface area contributed by atoms with Gasteiger partial charge in [0.2, 0.25) is 5.88 Å². The van der Waals surface area contributed by atoms with Crippen molar-refractivity contribution in [2.75, 3.05) is 6.61 Å². The summed E-state index contributed by atoms with van der Waals surface area (Å²) in [5.41, 5.74) is 1.07. The Bertz CT molecular complexity index is 468. The Morgan fingerprint density at radius 2 is 2.10 bits per heavy atom. The molecule has 0 amide bonds. The Labute approximate surface area is 121 Å². The number of hydrogen-bond donors (Lipinski definition) is 1. The lowest BCUT2D eigenvalue weighted by Gasteiger charge is -2.24. The second-order valence-corrected chi connectivity index (χ2v) is 6.11. The van der Waals surface area contributed by atoms with Crippen LogP contribution in [0.3, 0.4) is 0 Å². The largest absolute Gasteiger partial charge is 0.477 e. The SMILES string of the molecule is CC1CC=CCC1COc1cccc(CNC2CC2)n1. The Hall–Kier alpha value is -1.35. The lowest BCUT2D eigenvalue weighted by atomic mass is 9.85. The van der Waals surface area contributed by atoms with Gasteiger partial charge in [-0.2, -0.15) is 0 Å². The van der Waals surface area contributed by atoms with Gasteiger partial charge in [0.25, 0.3) is 0 Å². The first-order valence-corrected chi connectivity index (χ1v) is 7.78. The van der Waals surface area contributed by atoms with E-state index in [1.54, 1.807) is 0 Å². The number of aromatic nitrogens is 1. The molecule has 2 aliphatic rings. The molecule has 1 aromatic heterocycles. The molecule has 0 bridgehead atoms. The third-order valence-corrected chi connectivity index (χ3v) is 4.29. The van der Waals surface area contributed by atoms with Crippen molar-refractivity contribution in [3.05, 3.63) is 36.0 Å². The first kappa shape index (κ1) is 13.6. The molecule has 0 radical (unpaired) electrons. The van der Waals surface area contributed by atoms with Crippen molar-refractivity contribution in [1.82, 2.24) is 10.3 Å². The van der Waals surface area contributed by atoms with Crippen LogP contribution in [0.1, 0.15) is 38.3 Å². The van der Waals surface area contributed by atoms with Crippen LogP contribution < -0.4 is 10.1 Å². The van der Waals surface area contributed by atoms with Crippen molar-refractivity contribution in [2.45, 2.75) is 45.2 Å². The molecule has 3 nitrogen and oxygen atoms in total. The molecule has 2 atom stereocenters. The summed E-state index contributed by atoms with van der Waals surface area (Å²) in [6.45, 7) is 3.93. The van der Waals surface area contributed by atoms with Gasteiger partial charge in [-0.05, 0) is 43.6 Å². The molecule has 1 N–H and O–H groups in total. The normalized spacial score (nSPS) is 25.6. The van der Waals surface area contributed by atoms with Gasteiger partial charge in [-0.15, -0.1) is 0 Å². The van der Waals surface area contributed by atoms with Gasteiger partial charge >= 0.3 is 0 Å². The molecular formula is C17H24N2O. The van der Waals surface area contributed by atoms with E-state index >= 15 is 0 Å². The second-order valence-electron chi connectivity index (χ2n) is 6.11. The lowest BCUT2D eigenvalue weighted by molar-refractivity contribution is 0.192. The maximum Gasteiger partial charge on any atom is 0.213 e. The van der Waals surface area contributed by atoms with Crippen molar-refractivity contribution >= 4 is 0 Å². The van der Waals surface area contributed by atoms with E-state index in [1.807, 2.05) is 12.1 Å². The minimum absolute atomic E-state index is 0.620. The number of pyridine rings is 1. The Morgan fingerprint density at radius 1 is 1.25 bits per heavy atom. The number of ether oxygens (including phenoxy) is 1. The maximum atomic E-state index is 5.91. The average Bonchev–Trinajstić information content (AvgIpc) is 3.29. The zero-order valence-electron chi connectivity index (χ0n) is 12.2. The van der Waals surface area contributed by atoms with Crippen LogP contribution in [0, 0.1) is 11.8 Å². The van der Waals surface area contributed by atoms with Gasteiger partial charge in [0.15, 0.2) is 0 Å². The van der Waals surface area contributed by atoms with Gasteiger partial charge in [0.1, 0.15) is 0 Å². The quantitative estimate of drug-likeness (QED) is 0.807. The van der Waals surface area contributed by atoms with Crippen LogP contribution in [0.2, 0.25) is 0 Å². The monoisotopic (exact) mass is 272 g/mol. The van der Waals surface area contributed by atoms with Crippen molar-refractivity contribution < 1.29 is 4.74 Å². The van der Waals surface area contributed by atoms with Crippen LogP contribution in [0.25, 0.3) is 0 Å². The molecule has 0 saturated heterocycles. The Balaban J connectivity index is 1.51. The highest BCUT2D eigenvalue weighted by molar-refractivity contribution is 5.16. The molecule has 1 heterocycles. The number of rotatable bonds is 6. The topological polar surface area (TPSA) is 34.1 Å². The summed E-state index contributed by atoms with van der Waals surface area (Å²) in [7, 11) is 0. The fourth-order valence-electron chi connectivity index (χ4n) is 2.60. The Kier molecular flexibility index (Phi) is 4.36. The summed E-state index contributed by atoms with van der Waals surface area (Å²) in [6, 6.07) is 6.78. The summed E-state index contributed by atoms with van der Waals surface area (Å²) in [5.74, 6) is 2.09. The molecule has 0 aromatic carbocycles. The van der Waals surface area contributed by atoms with Gasteiger partial charge in [0, 0.05) is 18.7 Å². The standard InChI is InChI=1S/C17H24N2O/c1-13-5-2-3-6-14(13)12-20-17-8-4-7-16(19-17)11-18-15-9-10-15/h2-4,7-8,13-15,18H,5-6,9-12H2,1H3. The van der Waals surface area contributed by atoms with Crippen LogP contribution in [-0.4, -0.2) is 17.6 Å². The fourth-order valence-corrected chi connectivity index (χ4v) is 2.60. The lowest BCUT2D eigenvalue weighted by Crippen LogP contribution is -2.21. The summed E-state index contributed by atoms with van der Waals surface area (Å²) in [4.78, 5) is 4.58. The van der Waals surface area contributed by atoms with Gasteiger partial charge < -0.3 is 10.1 Å². The van der Waals surface area contributed by atoms with Crippen LogP contribution in [0.4, 0.5) is 0 Å². The summed E-state index contributed by atoms with van der Waals surface area (Å²) in [6.07, 6.45) is 9.48. The highest BCUT2D eigenvalue weighted by atomic mass is 16.5. The van der Waals surface area contributed by atoms with E-state index in [1.165, 1.54) is 19.3 Å². The smallest absolute Gasteiger partial charge is 0.213 e. The Morgan fingerprint density at radius 3 is 2.90 bits per heavy atom. The van der Waals surface area contributed by atoms with Crippen molar-refractivity contribution in [1.29, 1.82) is 0 Å². The van der Waals surface area contributed by atoms with E-state index in [2.05, 4.69) is 35.4 Å². The highest BCUT2D eigenvalue weighted by Gasteiger charge is 2.21. The first-order valence-electron chi connectivity index (χ1n) is 7.78. The first-order chi connectivity index (χ1) is 9.81. The van der Waals surface area contributed by atoms with Gasteiger partial charge in [-0.25, -0.2) is 4.98 Å². The van der Waals surface area contributed by atoms with E-state index in [9.17, 15) is 0 Å². The molecule has 1 aromatic rings. The second kappa shape index (κ2) is 6.40. The van der Waals surface area contributed by atoms with Crippen LogP contribution in [-0.2, 0) is 6.54 Å². The molecule has 0 spiro atoms. The molecule has 1 saturated carbocycles. The molecule has 108 valence electrons. The summed E-state index contributed by atoms with van der Waals surface area (Å²) >= 11 is 0. The zero-order chi connectivity index (χ0) is 13.8. The van der Waals surface area contributed by atoms with Crippen molar-refractivity contribution in [3.8, 4) is 5.88 Å². The van der Waals surface area contributed by atoms with Gasteiger partial charge in [-0.3, -0.25) is 0 Å². The molecule has 0 aliphatic heterocycles. The van der Waals surface area contributed by atoms with E-state index in [-0.39, 0.29) is 0 Å². The number of hydrogen-bond acceptors (Lipinski definition) is 3. The van der Waals surface area contributed by atoms with Crippen molar-refractivity contribution in [2.24, 2.45) is 11.8 Å². The number of allylic oxidation sites excluding steroid dienone is 2. The predicted molar refractivity (Wildman–Crippen MR) is 80.6 cm³/mol. The minimum atomic E-state index is 0.620. The maximum absolute atomic E-state index is 5.91. The minimum Gasteiger partial charge on any atom is -0.477 e. The molecular weight excluding hydrogens is 248 g/mol. The number of nitrogens with one attached hydrogen (secondary N) is 1. The summed E-state index contributed by atoms with van der Waals surface area (Å²) in [5, 5.41) is 3.49. The predicted octanol–water partition coefficient (Wildman–Crippen LogP) is 3.31. The van der Waals surface area contributed by atoms with Gasteiger partial charge in [0.05, 0.1) is 12.3 Å². The van der Waals surface area contributed by atoms with E-state index < -0.39 is 0 Å². The third-order valence-electron chi connectivity index (χ3n) is 4.29. The molecule has 1 fully saturated rings. The van der Waals surface area contributed by atoms with E-state index in [4.69, 9.17) is 4.74 Å². The van der Waals surface area contributed by atoms with Crippen LogP contribution >= 0.6 is 0 Å². The van der Waals surface area contributed by atoms with E-state index in [0.717, 1.165) is 37.2 Å². The molecule has 20 heavy (non-hydrogen) atoms.